The van der Waals surface area contributed by atoms with Crippen LogP contribution < -0.4 is 5.32 Å². The third-order valence-electron chi connectivity index (χ3n) is 5.77. The van der Waals surface area contributed by atoms with Gasteiger partial charge in [0, 0.05) is 11.5 Å². The summed E-state index contributed by atoms with van der Waals surface area (Å²) in [6, 6.07) is 7.45. The van der Waals surface area contributed by atoms with Gasteiger partial charge < -0.3 is 19.9 Å². The Hall–Kier alpha value is -2.94. The van der Waals surface area contributed by atoms with Crippen molar-refractivity contribution in [2.45, 2.75) is 49.6 Å². The van der Waals surface area contributed by atoms with Crippen molar-refractivity contribution in [3.63, 3.8) is 0 Å². The smallest absolute Gasteiger partial charge is 0.357 e. The lowest BCUT2D eigenvalue weighted by molar-refractivity contribution is -0.173. The minimum Gasteiger partial charge on any atom is -0.427 e. The van der Waals surface area contributed by atoms with Crippen molar-refractivity contribution < 1.29 is 33.8 Å². The molecule has 0 spiro atoms. The number of rotatable bonds is 9. The van der Waals surface area contributed by atoms with Gasteiger partial charge in [-0.2, -0.15) is 0 Å². The standard InChI is InChI=1S/C25H28N4O7S3/c1-13-27-28-24(39-13)38-11-15-10-37-21-16(26-19(31)18(30)14-8-6-5-7-9-14)20(32)29(21)17(15)22(33)35-12-36-23(34)25(2,3)4/h5-9,16,18,21,30H,10-12H2,1-4H3,(H,26,31)/t16?,18-,21-/m1/s1. The molecule has 3 atom stereocenters. The lowest BCUT2D eigenvalue weighted by Crippen LogP contribution is -2.71. The van der Waals surface area contributed by atoms with E-state index < -0.39 is 53.5 Å². The number of hydrogen-bond acceptors (Lipinski definition) is 12. The maximum absolute atomic E-state index is 13.2. The van der Waals surface area contributed by atoms with Crippen molar-refractivity contribution in [3.8, 4) is 0 Å². The average molecular weight is 593 g/mol. The number of aromatic nitrogens is 2. The number of nitrogens with zero attached hydrogens (tertiary/aromatic N) is 3. The number of β-lactam (4-membered cyclic amide) rings is 1. The summed E-state index contributed by atoms with van der Waals surface area (Å²) < 4.78 is 11.0. The number of aliphatic hydroxyl groups excluding tert-OH is 1. The third kappa shape index (κ3) is 6.62. The van der Waals surface area contributed by atoms with E-state index in [9.17, 15) is 24.3 Å². The van der Waals surface area contributed by atoms with Crippen molar-refractivity contribution in [2.24, 2.45) is 5.41 Å². The minimum absolute atomic E-state index is 0.0541. The van der Waals surface area contributed by atoms with E-state index in [-0.39, 0.29) is 5.70 Å². The monoisotopic (exact) mass is 592 g/mol. The molecule has 2 aliphatic heterocycles. The van der Waals surface area contributed by atoms with Gasteiger partial charge in [0.2, 0.25) is 6.79 Å². The van der Waals surface area contributed by atoms with Crippen molar-refractivity contribution in [1.82, 2.24) is 20.4 Å². The predicted molar refractivity (Wildman–Crippen MR) is 145 cm³/mol. The van der Waals surface area contributed by atoms with Crippen LogP contribution in [0.5, 0.6) is 0 Å². The zero-order valence-corrected chi connectivity index (χ0v) is 24.2. The van der Waals surface area contributed by atoms with Crippen LogP contribution in [0.3, 0.4) is 0 Å². The molecule has 1 fully saturated rings. The number of nitrogens with one attached hydrogen (secondary N) is 1. The van der Waals surface area contributed by atoms with Crippen LogP contribution in [0.4, 0.5) is 0 Å². The van der Waals surface area contributed by atoms with Gasteiger partial charge in [0.25, 0.3) is 11.8 Å². The quantitative estimate of drug-likeness (QED) is 0.191. The Balaban J connectivity index is 1.48. The molecule has 1 aromatic carbocycles. The van der Waals surface area contributed by atoms with E-state index in [1.54, 1.807) is 51.1 Å². The summed E-state index contributed by atoms with van der Waals surface area (Å²) in [5.74, 6) is -1.83. The van der Waals surface area contributed by atoms with Crippen LogP contribution in [0.15, 0.2) is 45.9 Å². The van der Waals surface area contributed by atoms with Gasteiger partial charge in [0.1, 0.15) is 22.1 Å². The summed E-state index contributed by atoms with van der Waals surface area (Å²) in [6.07, 6.45) is -1.44. The van der Waals surface area contributed by atoms with Crippen molar-refractivity contribution >= 4 is 58.6 Å². The molecule has 2 aromatic rings. The molecule has 1 aromatic heterocycles. The highest BCUT2D eigenvalue weighted by molar-refractivity contribution is 8.01. The van der Waals surface area contributed by atoms with Crippen LogP contribution >= 0.6 is 34.9 Å². The Labute approximate surface area is 237 Å². The molecule has 39 heavy (non-hydrogen) atoms. The third-order valence-corrected chi connectivity index (χ3v) is 9.17. The molecular formula is C25H28N4O7S3. The normalized spacial score (nSPS) is 19.6. The summed E-state index contributed by atoms with van der Waals surface area (Å²) in [5, 5.41) is 21.3. The van der Waals surface area contributed by atoms with Crippen LogP contribution in [-0.2, 0) is 28.7 Å². The second-order valence-electron chi connectivity index (χ2n) is 9.77. The first-order valence-electron chi connectivity index (χ1n) is 11.9. The van der Waals surface area contributed by atoms with E-state index in [1.807, 2.05) is 6.92 Å². The molecular weight excluding hydrogens is 564 g/mol. The highest BCUT2D eigenvalue weighted by Gasteiger charge is 2.54. The minimum atomic E-state index is -1.44. The zero-order valence-electron chi connectivity index (χ0n) is 21.7. The molecule has 208 valence electrons. The Morgan fingerprint density at radius 2 is 1.92 bits per heavy atom. The maximum Gasteiger partial charge on any atom is 0.357 e. The number of esters is 2. The molecule has 0 bridgehead atoms. The first-order chi connectivity index (χ1) is 18.5. The number of aliphatic hydroxyl groups is 1. The first kappa shape index (κ1) is 29.1. The lowest BCUT2D eigenvalue weighted by Gasteiger charge is -2.49. The van der Waals surface area contributed by atoms with E-state index in [4.69, 9.17) is 9.47 Å². The topological polar surface area (TPSA) is 148 Å². The molecule has 14 heteroatoms. The van der Waals surface area contributed by atoms with Crippen LogP contribution in [0.2, 0.25) is 0 Å². The van der Waals surface area contributed by atoms with Gasteiger partial charge in [-0.15, -0.1) is 22.0 Å². The van der Waals surface area contributed by atoms with Crippen molar-refractivity contribution in [2.75, 3.05) is 18.3 Å². The van der Waals surface area contributed by atoms with Gasteiger partial charge in [-0.05, 0) is 38.8 Å². The second kappa shape index (κ2) is 12.1. The second-order valence-corrected chi connectivity index (χ2v) is 13.3. The number of fused-ring (bicyclic) bond motifs is 1. The van der Waals surface area contributed by atoms with Crippen molar-refractivity contribution in [3.05, 3.63) is 52.2 Å². The van der Waals surface area contributed by atoms with Gasteiger partial charge in [-0.25, -0.2) is 4.79 Å². The fourth-order valence-electron chi connectivity index (χ4n) is 3.71. The van der Waals surface area contributed by atoms with Crippen LogP contribution in [-0.4, -0.2) is 73.7 Å². The molecule has 3 heterocycles. The van der Waals surface area contributed by atoms with Gasteiger partial charge in [-0.3, -0.25) is 19.3 Å². The predicted octanol–water partition coefficient (Wildman–Crippen LogP) is 2.42. The average Bonchev–Trinajstić information content (AvgIpc) is 3.33. The number of thioether (sulfide) groups is 2. The molecule has 2 N–H and O–H groups in total. The molecule has 0 radical (unpaired) electrons. The SMILES string of the molecule is Cc1nnc(SCC2=C(C(=O)OCOC(=O)C(C)(C)C)N3C(=O)C(NC(=O)[C@H](O)c4ccccc4)[C@H]3SC2)s1. The van der Waals surface area contributed by atoms with Crippen LogP contribution in [0.25, 0.3) is 0 Å². The molecule has 1 saturated heterocycles. The van der Waals surface area contributed by atoms with E-state index in [2.05, 4.69) is 15.5 Å². The fraction of sp³-hybridized carbons (Fsp3) is 0.440. The van der Waals surface area contributed by atoms with E-state index in [0.717, 1.165) is 5.01 Å². The number of aryl methyl sites for hydroxylation is 1. The number of ether oxygens (including phenoxy) is 2. The van der Waals surface area contributed by atoms with Gasteiger partial charge >= 0.3 is 11.9 Å². The largest absolute Gasteiger partial charge is 0.427 e. The number of carbonyl (C=O) groups is 4. The molecule has 4 rings (SSSR count). The van der Waals surface area contributed by atoms with Gasteiger partial charge in [0.05, 0.1) is 5.41 Å². The highest BCUT2D eigenvalue weighted by Crippen LogP contribution is 2.42. The van der Waals surface area contributed by atoms with Gasteiger partial charge in [-0.1, -0.05) is 53.4 Å². The fourth-order valence-corrected chi connectivity index (χ4v) is 7.01. The molecule has 0 saturated carbocycles. The molecule has 2 amide bonds. The maximum atomic E-state index is 13.2. The summed E-state index contributed by atoms with van der Waals surface area (Å²) >= 11 is 4.19. The van der Waals surface area contributed by atoms with E-state index in [1.165, 1.54) is 39.8 Å². The summed E-state index contributed by atoms with van der Waals surface area (Å²) in [7, 11) is 0. The van der Waals surface area contributed by atoms with Crippen molar-refractivity contribution in [1.29, 1.82) is 0 Å². The molecule has 1 unspecified atom stereocenters. The van der Waals surface area contributed by atoms with E-state index >= 15 is 0 Å². The lowest BCUT2D eigenvalue weighted by atomic mass is 9.98. The number of amides is 2. The van der Waals surface area contributed by atoms with Gasteiger partial charge in [0.15, 0.2) is 10.4 Å². The molecule has 0 aliphatic carbocycles. The number of carbonyl (C=O) groups excluding carboxylic acids is 4. The first-order valence-corrected chi connectivity index (χ1v) is 14.8. The Morgan fingerprint density at radius 3 is 2.56 bits per heavy atom. The zero-order chi connectivity index (χ0) is 28.3. The summed E-state index contributed by atoms with van der Waals surface area (Å²) in [6.45, 7) is 6.27. The summed E-state index contributed by atoms with van der Waals surface area (Å²) in [4.78, 5) is 52.4. The van der Waals surface area contributed by atoms with Crippen LogP contribution in [0.1, 0.15) is 37.4 Å². The Kier molecular flexibility index (Phi) is 8.99. The number of benzene rings is 1. The highest BCUT2D eigenvalue weighted by atomic mass is 32.2. The molecule has 11 nitrogen and oxygen atoms in total. The Morgan fingerprint density at radius 1 is 1.21 bits per heavy atom. The number of hydrogen-bond donors (Lipinski definition) is 2. The van der Waals surface area contributed by atoms with E-state index in [0.29, 0.717) is 27.0 Å². The van der Waals surface area contributed by atoms with Crippen LogP contribution in [0, 0.1) is 12.3 Å². The molecule has 2 aliphatic rings. The Bertz CT molecular complexity index is 1290. The summed E-state index contributed by atoms with van der Waals surface area (Å²) in [5.41, 5.74) is 0.320.